The molecule has 1 saturated carbocycles. The molecule has 1 spiro atoms. The molecule has 2 atom stereocenters. The van der Waals surface area contributed by atoms with Crippen molar-refractivity contribution < 1.29 is 4.74 Å². The molecular formula is C8H14O. The fourth-order valence-corrected chi connectivity index (χ4v) is 1.91. The average molecular weight is 126 g/mol. The van der Waals surface area contributed by atoms with E-state index in [1.54, 1.807) is 0 Å². The van der Waals surface area contributed by atoms with Crippen molar-refractivity contribution in [1.82, 2.24) is 0 Å². The van der Waals surface area contributed by atoms with Crippen LogP contribution in [0.25, 0.3) is 0 Å². The van der Waals surface area contributed by atoms with Crippen LogP contribution < -0.4 is 0 Å². The van der Waals surface area contributed by atoms with Gasteiger partial charge in [0.2, 0.25) is 0 Å². The third-order valence-corrected chi connectivity index (χ3v) is 2.90. The minimum Gasteiger partial charge on any atom is -0.369 e. The van der Waals surface area contributed by atoms with Gasteiger partial charge in [0, 0.05) is 0 Å². The molecule has 2 aliphatic rings. The summed E-state index contributed by atoms with van der Waals surface area (Å²) in [6, 6.07) is 0. The lowest BCUT2D eigenvalue weighted by Crippen LogP contribution is -2.25. The lowest BCUT2D eigenvalue weighted by Gasteiger charge is -2.24. The van der Waals surface area contributed by atoms with Crippen LogP contribution in [-0.4, -0.2) is 12.2 Å². The highest BCUT2D eigenvalue weighted by Gasteiger charge is 2.49. The van der Waals surface area contributed by atoms with E-state index in [2.05, 4.69) is 6.92 Å². The minimum absolute atomic E-state index is 0.387. The molecule has 0 radical (unpaired) electrons. The molecule has 2 unspecified atom stereocenters. The molecule has 1 nitrogen and oxygen atoms in total. The molecule has 1 aliphatic carbocycles. The summed E-state index contributed by atoms with van der Waals surface area (Å²) >= 11 is 0. The lowest BCUT2D eigenvalue weighted by molar-refractivity contribution is 0.171. The van der Waals surface area contributed by atoms with Gasteiger partial charge >= 0.3 is 0 Å². The molecule has 9 heavy (non-hydrogen) atoms. The number of hydrogen-bond acceptors (Lipinski definition) is 1. The van der Waals surface area contributed by atoms with E-state index >= 15 is 0 Å². The molecule has 1 saturated heterocycles. The van der Waals surface area contributed by atoms with Crippen LogP contribution in [0.15, 0.2) is 0 Å². The van der Waals surface area contributed by atoms with Crippen LogP contribution in [0, 0.1) is 5.92 Å². The van der Waals surface area contributed by atoms with Crippen LogP contribution in [0.2, 0.25) is 0 Å². The van der Waals surface area contributed by atoms with Crippen molar-refractivity contribution in [2.45, 2.75) is 38.2 Å². The third-order valence-electron chi connectivity index (χ3n) is 2.90. The van der Waals surface area contributed by atoms with Crippen molar-refractivity contribution in [1.29, 1.82) is 0 Å². The van der Waals surface area contributed by atoms with Crippen LogP contribution >= 0.6 is 0 Å². The molecule has 0 bridgehead atoms. The van der Waals surface area contributed by atoms with E-state index in [1.165, 1.54) is 25.7 Å². The highest BCUT2D eigenvalue weighted by molar-refractivity contribution is 4.98. The van der Waals surface area contributed by atoms with Gasteiger partial charge in [-0.3, -0.25) is 0 Å². The summed E-state index contributed by atoms with van der Waals surface area (Å²) < 4.78 is 5.45. The summed E-state index contributed by atoms with van der Waals surface area (Å²) in [5, 5.41) is 0. The maximum atomic E-state index is 5.45. The first-order valence-electron chi connectivity index (χ1n) is 3.97. The molecule has 0 aromatic carbocycles. The van der Waals surface area contributed by atoms with E-state index in [4.69, 9.17) is 4.74 Å². The van der Waals surface area contributed by atoms with Crippen molar-refractivity contribution in [3.63, 3.8) is 0 Å². The van der Waals surface area contributed by atoms with Crippen LogP contribution in [0.4, 0.5) is 0 Å². The molecule has 0 amide bonds. The zero-order chi connectivity index (χ0) is 6.32. The quantitative estimate of drug-likeness (QED) is 0.452. The molecule has 0 aromatic heterocycles. The molecule has 1 heterocycles. The Morgan fingerprint density at radius 3 is 2.67 bits per heavy atom. The molecule has 0 aromatic rings. The van der Waals surface area contributed by atoms with Crippen molar-refractivity contribution in [3.8, 4) is 0 Å². The Morgan fingerprint density at radius 2 is 2.22 bits per heavy atom. The molecule has 1 heteroatoms. The van der Waals surface area contributed by atoms with Gasteiger partial charge in [0.1, 0.15) is 0 Å². The number of rotatable bonds is 0. The van der Waals surface area contributed by atoms with Crippen LogP contribution in [0.3, 0.4) is 0 Å². The second kappa shape index (κ2) is 1.72. The van der Waals surface area contributed by atoms with Crippen LogP contribution in [-0.2, 0) is 4.74 Å². The Kier molecular flexibility index (Phi) is 1.10. The molecular weight excluding hydrogens is 112 g/mol. The SMILES string of the molecule is CC1CCCCC12CO2. The normalized spacial score (nSPS) is 49.7. The first-order chi connectivity index (χ1) is 4.33. The van der Waals surface area contributed by atoms with Crippen molar-refractivity contribution in [3.05, 3.63) is 0 Å². The average Bonchev–Trinajstić information content (AvgIpc) is 2.60. The molecule has 2 rings (SSSR count). The monoisotopic (exact) mass is 126 g/mol. The maximum Gasteiger partial charge on any atom is 0.0941 e. The van der Waals surface area contributed by atoms with E-state index < -0.39 is 0 Å². The predicted octanol–water partition coefficient (Wildman–Crippen LogP) is 1.97. The minimum atomic E-state index is 0.387. The second-order valence-electron chi connectivity index (χ2n) is 3.50. The van der Waals surface area contributed by atoms with Gasteiger partial charge in [-0.25, -0.2) is 0 Å². The van der Waals surface area contributed by atoms with Crippen molar-refractivity contribution >= 4 is 0 Å². The molecule has 1 aliphatic heterocycles. The first-order valence-corrected chi connectivity index (χ1v) is 3.97. The van der Waals surface area contributed by atoms with Crippen LogP contribution in [0.1, 0.15) is 32.6 Å². The molecule has 2 fully saturated rings. The Morgan fingerprint density at radius 1 is 1.44 bits per heavy atom. The smallest absolute Gasteiger partial charge is 0.0941 e. The summed E-state index contributed by atoms with van der Waals surface area (Å²) in [5.41, 5.74) is 0.387. The number of epoxide rings is 1. The Labute approximate surface area is 56.4 Å². The predicted molar refractivity (Wildman–Crippen MR) is 36.3 cm³/mol. The van der Waals surface area contributed by atoms with Gasteiger partial charge in [-0.05, 0) is 18.8 Å². The Bertz CT molecular complexity index is 116. The summed E-state index contributed by atoms with van der Waals surface area (Å²) in [7, 11) is 0. The lowest BCUT2D eigenvalue weighted by atomic mass is 9.81. The van der Waals surface area contributed by atoms with Gasteiger partial charge in [-0.2, -0.15) is 0 Å². The number of ether oxygens (including phenoxy) is 1. The van der Waals surface area contributed by atoms with E-state index in [-0.39, 0.29) is 0 Å². The van der Waals surface area contributed by atoms with E-state index in [9.17, 15) is 0 Å². The second-order valence-corrected chi connectivity index (χ2v) is 3.50. The fraction of sp³-hybridized carbons (Fsp3) is 1.00. The van der Waals surface area contributed by atoms with Crippen molar-refractivity contribution in [2.24, 2.45) is 5.92 Å². The highest BCUT2D eigenvalue weighted by Crippen LogP contribution is 2.45. The highest BCUT2D eigenvalue weighted by atomic mass is 16.6. The maximum absolute atomic E-state index is 5.45. The standard InChI is InChI=1S/C8H14O/c1-7-4-2-3-5-8(7)6-9-8/h7H,2-6H2,1H3. The van der Waals surface area contributed by atoms with Crippen LogP contribution in [0.5, 0.6) is 0 Å². The largest absolute Gasteiger partial charge is 0.369 e. The van der Waals surface area contributed by atoms with Gasteiger partial charge in [0.05, 0.1) is 12.2 Å². The zero-order valence-corrected chi connectivity index (χ0v) is 6.02. The zero-order valence-electron chi connectivity index (χ0n) is 6.02. The van der Waals surface area contributed by atoms with E-state index in [0.29, 0.717) is 5.60 Å². The molecule has 0 N–H and O–H groups in total. The Balaban J connectivity index is 2.03. The van der Waals surface area contributed by atoms with Gasteiger partial charge in [0.15, 0.2) is 0 Å². The third kappa shape index (κ3) is 0.787. The van der Waals surface area contributed by atoms with Gasteiger partial charge in [-0.15, -0.1) is 0 Å². The fourth-order valence-electron chi connectivity index (χ4n) is 1.91. The van der Waals surface area contributed by atoms with Gasteiger partial charge < -0.3 is 4.74 Å². The van der Waals surface area contributed by atoms with Crippen molar-refractivity contribution in [2.75, 3.05) is 6.61 Å². The summed E-state index contributed by atoms with van der Waals surface area (Å²) in [4.78, 5) is 0. The summed E-state index contributed by atoms with van der Waals surface area (Å²) in [6.45, 7) is 3.38. The summed E-state index contributed by atoms with van der Waals surface area (Å²) in [6.07, 6.45) is 5.53. The van der Waals surface area contributed by atoms with Gasteiger partial charge in [-0.1, -0.05) is 19.8 Å². The van der Waals surface area contributed by atoms with E-state index in [1.807, 2.05) is 0 Å². The van der Waals surface area contributed by atoms with E-state index in [0.717, 1.165) is 12.5 Å². The topological polar surface area (TPSA) is 12.5 Å². The number of hydrogen-bond donors (Lipinski definition) is 0. The van der Waals surface area contributed by atoms with Gasteiger partial charge in [0.25, 0.3) is 0 Å². The Hall–Kier alpha value is -0.0400. The molecule has 52 valence electrons. The first kappa shape index (κ1) is 5.72. The summed E-state index contributed by atoms with van der Waals surface area (Å²) in [5.74, 6) is 0.839.